The monoisotopic (exact) mass is 801 g/mol. The normalized spacial score (nSPS) is 14.4. The first kappa shape index (κ1) is 35.5. The molecule has 0 saturated carbocycles. The maximum atomic E-state index is 6.59. The summed E-state index contributed by atoms with van der Waals surface area (Å²) in [7, 11) is 0. The summed E-state index contributed by atoms with van der Waals surface area (Å²) in [6.45, 7) is 0. The van der Waals surface area contributed by atoms with Crippen molar-refractivity contribution >= 4 is 39.0 Å². The zero-order valence-electron chi connectivity index (χ0n) is 34.4. The van der Waals surface area contributed by atoms with Crippen molar-refractivity contribution in [2.24, 2.45) is 0 Å². The standard InChI is InChI=1S/C61H39NO/c1-3-19-40(20-4-1)43-23-11-16-32-57(43)62(58-33-17-12-24-44(58)41-21-5-2-6-22-41)42-35-36-55-50(37-42)46-26-8-7-25-45(46)47-27-9-14-30-53(47)61(55)54-31-15-10-28-48(54)51-39-60-52(38-56(51)61)49-29-13-18-34-59(49)63-60/h1-39H. The molecule has 2 nitrogen and oxygen atoms in total. The minimum absolute atomic E-state index is 0.642. The van der Waals surface area contributed by atoms with E-state index in [2.05, 4.69) is 241 Å². The summed E-state index contributed by atoms with van der Waals surface area (Å²) in [4.78, 5) is 2.48. The van der Waals surface area contributed by atoms with Crippen LogP contribution in [0.15, 0.2) is 241 Å². The summed E-state index contributed by atoms with van der Waals surface area (Å²) in [6.07, 6.45) is 0. The van der Waals surface area contributed by atoms with Crippen LogP contribution in [-0.4, -0.2) is 0 Å². The highest BCUT2D eigenvalue weighted by Gasteiger charge is 2.50. The van der Waals surface area contributed by atoms with Gasteiger partial charge in [0, 0.05) is 27.6 Å². The van der Waals surface area contributed by atoms with E-state index in [1.165, 1.54) is 66.8 Å². The summed E-state index contributed by atoms with van der Waals surface area (Å²) >= 11 is 0. The van der Waals surface area contributed by atoms with Crippen LogP contribution in [0.4, 0.5) is 17.1 Å². The van der Waals surface area contributed by atoms with Crippen molar-refractivity contribution in [3.63, 3.8) is 0 Å². The lowest BCUT2D eigenvalue weighted by Gasteiger charge is -2.36. The predicted molar refractivity (Wildman–Crippen MR) is 261 cm³/mol. The van der Waals surface area contributed by atoms with Crippen molar-refractivity contribution in [2.75, 3.05) is 4.90 Å². The van der Waals surface area contributed by atoms with Gasteiger partial charge in [-0.05, 0) is 109 Å². The first-order chi connectivity index (χ1) is 31.3. The van der Waals surface area contributed by atoms with Gasteiger partial charge in [-0.1, -0.05) is 194 Å². The molecule has 2 aliphatic carbocycles. The molecular weight excluding hydrogens is 763 g/mol. The molecule has 2 aliphatic rings. The van der Waals surface area contributed by atoms with Crippen LogP contribution < -0.4 is 4.90 Å². The molecule has 294 valence electrons. The van der Waals surface area contributed by atoms with Crippen LogP contribution in [0.25, 0.3) is 77.6 Å². The molecule has 0 fully saturated rings. The molecule has 0 aliphatic heterocycles. The fourth-order valence-corrected chi connectivity index (χ4v) is 10.9. The Bertz CT molecular complexity index is 3500. The minimum Gasteiger partial charge on any atom is -0.456 e. The van der Waals surface area contributed by atoms with Gasteiger partial charge in [-0.3, -0.25) is 0 Å². The Morgan fingerprint density at radius 3 is 1.38 bits per heavy atom. The molecule has 10 aromatic carbocycles. The van der Waals surface area contributed by atoms with Crippen LogP contribution in [0, 0.1) is 0 Å². The van der Waals surface area contributed by atoms with E-state index in [4.69, 9.17) is 4.42 Å². The maximum Gasteiger partial charge on any atom is 0.136 e. The van der Waals surface area contributed by atoms with E-state index in [-0.39, 0.29) is 0 Å². The number of para-hydroxylation sites is 3. The number of benzene rings is 10. The molecule has 63 heavy (non-hydrogen) atoms. The zero-order valence-corrected chi connectivity index (χ0v) is 34.4. The lowest BCUT2D eigenvalue weighted by Crippen LogP contribution is -2.29. The van der Waals surface area contributed by atoms with Crippen LogP contribution >= 0.6 is 0 Å². The highest BCUT2D eigenvalue weighted by Crippen LogP contribution is 2.63. The number of hydrogen-bond acceptors (Lipinski definition) is 2. The Balaban J connectivity index is 1.15. The molecule has 13 rings (SSSR count). The van der Waals surface area contributed by atoms with E-state index in [1.807, 2.05) is 0 Å². The van der Waals surface area contributed by atoms with Gasteiger partial charge in [-0.25, -0.2) is 0 Å². The summed E-state index contributed by atoms with van der Waals surface area (Å²) in [5.41, 5.74) is 21.6. The third-order valence-corrected chi connectivity index (χ3v) is 13.5. The van der Waals surface area contributed by atoms with Crippen LogP contribution in [-0.2, 0) is 5.41 Å². The van der Waals surface area contributed by atoms with Gasteiger partial charge in [-0.2, -0.15) is 0 Å². The Hall–Kier alpha value is -8.20. The van der Waals surface area contributed by atoms with Gasteiger partial charge in [0.25, 0.3) is 0 Å². The van der Waals surface area contributed by atoms with Gasteiger partial charge >= 0.3 is 0 Å². The third-order valence-electron chi connectivity index (χ3n) is 13.5. The summed E-state index contributed by atoms with van der Waals surface area (Å²) in [5, 5.41) is 2.27. The smallest absolute Gasteiger partial charge is 0.136 e. The molecule has 1 heterocycles. The molecule has 0 radical (unpaired) electrons. The molecule has 1 aromatic heterocycles. The maximum absolute atomic E-state index is 6.59. The lowest BCUT2D eigenvalue weighted by atomic mass is 9.65. The van der Waals surface area contributed by atoms with E-state index in [0.29, 0.717) is 0 Å². The van der Waals surface area contributed by atoms with Gasteiger partial charge in [0.15, 0.2) is 0 Å². The van der Waals surface area contributed by atoms with E-state index in [9.17, 15) is 0 Å². The molecule has 0 bridgehead atoms. The van der Waals surface area contributed by atoms with E-state index in [1.54, 1.807) is 0 Å². The number of hydrogen-bond donors (Lipinski definition) is 0. The second-order valence-corrected chi connectivity index (χ2v) is 16.7. The molecule has 1 atom stereocenters. The largest absolute Gasteiger partial charge is 0.456 e. The van der Waals surface area contributed by atoms with Gasteiger partial charge in [0.2, 0.25) is 0 Å². The van der Waals surface area contributed by atoms with Crippen LogP contribution in [0.1, 0.15) is 22.3 Å². The van der Waals surface area contributed by atoms with Gasteiger partial charge in [-0.15, -0.1) is 0 Å². The van der Waals surface area contributed by atoms with Gasteiger partial charge in [0.05, 0.1) is 16.8 Å². The highest BCUT2D eigenvalue weighted by molar-refractivity contribution is 6.09. The highest BCUT2D eigenvalue weighted by atomic mass is 16.3. The molecule has 0 saturated heterocycles. The van der Waals surface area contributed by atoms with Crippen molar-refractivity contribution in [2.45, 2.75) is 5.41 Å². The van der Waals surface area contributed by atoms with Crippen molar-refractivity contribution < 1.29 is 4.42 Å². The quantitative estimate of drug-likeness (QED) is 0.172. The minimum atomic E-state index is -0.642. The van der Waals surface area contributed by atoms with Crippen LogP contribution in [0.3, 0.4) is 0 Å². The van der Waals surface area contributed by atoms with Crippen LogP contribution in [0.5, 0.6) is 0 Å². The Morgan fingerprint density at radius 1 is 0.286 bits per heavy atom. The second kappa shape index (κ2) is 13.9. The molecule has 2 heteroatoms. The number of anilines is 3. The first-order valence-electron chi connectivity index (χ1n) is 21.8. The molecule has 11 aromatic rings. The number of nitrogens with zero attached hydrogens (tertiary/aromatic N) is 1. The third kappa shape index (κ3) is 5.19. The molecular formula is C61H39NO. The summed E-state index contributed by atoms with van der Waals surface area (Å²) < 4.78 is 6.59. The zero-order chi connectivity index (χ0) is 41.5. The fourth-order valence-electron chi connectivity index (χ4n) is 10.9. The predicted octanol–water partition coefficient (Wildman–Crippen LogP) is 16.4. The summed E-state index contributed by atoms with van der Waals surface area (Å²) in [6, 6.07) is 86.8. The summed E-state index contributed by atoms with van der Waals surface area (Å²) in [5.74, 6) is 0. The molecule has 0 amide bonds. The SMILES string of the molecule is c1ccc(-c2ccccc2N(c2ccc3c(c2)-c2ccccc2-c2ccccc2C32c3ccccc3-c3cc4oc5ccccc5c4cc32)c2ccccc2-c2ccccc2)cc1. The van der Waals surface area contributed by atoms with Crippen molar-refractivity contribution in [1.29, 1.82) is 0 Å². The van der Waals surface area contributed by atoms with E-state index < -0.39 is 5.41 Å². The Labute approximate surface area is 366 Å². The van der Waals surface area contributed by atoms with Crippen molar-refractivity contribution in [1.82, 2.24) is 0 Å². The number of furan rings is 1. The van der Waals surface area contributed by atoms with Crippen molar-refractivity contribution in [3.8, 4) is 55.6 Å². The van der Waals surface area contributed by atoms with Crippen LogP contribution in [0.2, 0.25) is 0 Å². The van der Waals surface area contributed by atoms with E-state index >= 15 is 0 Å². The second-order valence-electron chi connectivity index (χ2n) is 16.7. The average Bonchev–Trinajstić information content (AvgIpc) is 3.83. The van der Waals surface area contributed by atoms with E-state index in [0.717, 1.165) is 50.1 Å². The molecule has 1 unspecified atom stereocenters. The first-order valence-corrected chi connectivity index (χ1v) is 21.8. The molecule has 0 N–H and O–H groups in total. The van der Waals surface area contributed by atoms with Gasteiger partial charge in [0.1, 0.15) is 11.2 Å². The number of fused-ring (bicyclic) bond motifs is 15. The topological polar surface area (TPSA) is 16.4 Å². The fraction of sp³-hybridized carbons (Fsp3) is 0.0164. The Kier molecular flexibility index (Phi) is 7.85. The molecule has 1 spiro atoms. The Morgan fingerprint density at radius 2 is 0.746 bits per heavy atom. The van der Waals surface area contributed by atoms with Crippen molar-refractivity contribution in [3.05, 3.63) is 259 Å². The van der Waals surface area contributed by atoms with Gasteiger partial charge < -0.3 is 9.32 Å². The average molecular weight is 802 g/mol. The number of rotatable bonds is 5. The lowest BCUT2D eigenvalue weighted by molar-refractivity contribution is 0.668.